The summed E-state index contributed by atoms with van der Waals surface area (Å²) in [5.41, 5.74) is -0.849. The highest BCUT2D eigenvalue weighted by atomic mass is 35.5. The Kier molecular flexibility index (Phi) is 6.46. The highest BCUT2D eigenvalue weighted by Crippen LogP contribution is 2.30. The van der Waals surface area contributed by atoms with E-state index in [-0.39, 0.29) is 10.4 Å². The monoisotopic (exact) mass is 470 g/mol. The predicted molar refractivity (Wildman–Crippen MR) is 111 cm³/mol. The molecule has 0 aliphatic carbocycles. The molecule has 0 aliphatic rings. The summed E-state index contributed by atoms with van der Waals surface area (Å²) in [4.78, 5) is 37.5. The van der Waals surface area contributed by atoms with Gasteiger partial charge in [-0.1, -0.05) is 34.5 Å². The van der Waals surface area contributed by atoms with Gasteiger partial charge in [0.25, 0.3) is 17.3 Å². The summed E-state index contributed by atoms with van der Waals surface area (Å²) in [7, 11) is 1.51. The van der Waals surface area contributed by atoms with E-state index in [0.717, 1.165) is 29.5 Å². The van der Waals surface area contributed by atoms with E-state index in [0.29, 0.717) is 33.4 Å². The van der Waals surface area contributed by atoms with Crippen LogP contribution in [0.2, 0.25) is 10.0 Å². The topological polar surface area (TPSA) is 130 Å². The standard InChI is InChI=1S/C17H12Cl2N4O6S/c1-29-3-2-21-15-13(19)6-10(18)7-14(15)30-17(21)20-16(24)9-4-11(22(25)26)8-12(5-9)23(27)28/h4-8H,2-3H2,1H3. The first-order valence-corrected chi connectivity index (χ1v) is 9.78. The quantitative estimate of drug-likeness (QED) is 0.391. The Balaban J connectivity index is 2.19. The molecule has 2 aromatic carbocycles. The third-order valence-corrected chi connectivity index (χ3v) is 5.51. The van der Waals surface area contributed by atoms with Crippen molar-refractivity contribution in [1.82, 2.24) is 4.57 Å². The summed E-state index contributed by atoms with van der Waals surface area (Å²) in [6, 6.07) is 5.87. The summed E-state index contributed by atoms with van der Waals surface area (Å²) in [5.74, 6) is -0.873. The number of nitro groups is 2. The molecule has 1 aromatic heterocycles. The lowest BCUT2D eigenvalue weighted by Gasteiger charge is -2.06. The Labute approximate surface area is 182 Å². The van der Waals surface area contributed by atoms with Gasteiger partial charge in [-0.15, -0.1) is 0 Å². The zero-order valence-corrected chi connectivity index (χ0v) is 17.5. The first-order valence-electron chi connectivity index (χ1n) is 8.21. The van der Waals surface area contributed by atoms with E-state index in [1.165, 1.54) is 7.11 Å². The van der Waals surface area contributed by atoms with Crippen molar-refractivity contribution < 1.29 is 19.4 Å². The molecule has 0 N–H and O–H groups in total. The number of fused-ring (bicyclic) bond motifs is 1. The number of amides is 1. The van der Waals surface area contributed by atoms with E-state index in [4.69, 9.17) is 27.9 Å². The van der Waals surface area contributed by atoms with Crippen molar-refractivity contribution in [2.75, 3.05) is 13.7 Å². The zero-order chi connectivity index (χ0) is 22.0. The van der Waals surface area contributed by atoms with Crippen molar-refractivity contribution in [2.45, 2.75) is 6.54 Å². The molecule has 0 fully saturated rings. The van der Waals surface area contributed by atoms with Gasteiger partial charge in [0.1, 0.15) is 0 Å². The Morgan fingerprint density at radius 3 is 2.33 bits per heavy atom. The Morgan fingerprint density at radius 1 is 1.13 bits per heavy atom. The maximum Gasteiger partial charge on any atom is 0.280 e. The molecule has 1 amide bonds. The lowest BCUT2D eigenvalue weighted by molar-refractivity contribution is -0.394. The van der Waals surface area contributed by atoms with E-state index >= 15 is 0 Å². The number of benzene rings is 2. The van der Waals surface area contributed by atoms with Crippen LogP contribution in [-0.2, 0) is 11.3 Å². The maximum absolute atomic E-state index is 12.7. The third kappa shape index (κ3) is 4.49. The molecular weight excluding hydrogens is 459 g/mol. The van der Waals surface area contributed by atoms with Gasteiger partial charge in [-0.25, -0.2) is 0 Å². The van der Waals surface area contributed by atoms with E-state index in [2.05, 4.69) is 4.99 Å². The number of methoxy groups -OCH3 is 1. The molecule has 156 valence electrons. The molecule has 0 aliphatic heterocycles. The molecule has 0 saturated carbocycles. The third-order valence-electron chi connectivity index (χ3n) is 3.98. The number of aromatic nitrogens is 1. The fraction of sp³-hybridized carbons (Fsp3) is 0.176. The van der Waals surface area contributed by atoms with Crippen LogP contribution in [0.25, 0.3) is 10.2 Å². The molecule has 3 rings (SSSR count). The molecule has 13 heteroatoms. The number of ether oxygens (including phenoxy) is 1. The van der Waals surface area contributed by atoms with Crippen molar-refractivity contribution >= 4 is 62.0 Å². The lowest BCUT2D eigenvalue weighted by Crippen LogP contribution is -2.19. The second kappa shape index (κ2) is 8.88. The summed E-state index contributed by atoms with van der Waals surface area (Å²) < 4.78 is 7.42. The molecule has 1 heterocycles. The van der Waals surface area contributed by atoms with Gasteiger partial charge >= 0.3 is 0 Å². The van der Waals surface area contributed by atoms with Crippen LogP contribution in [-0.4, -0.2) is 34.0 Å². The molecule has 0 bridgehead atoms. The van der Waals surface area contributed by atoms with Crippen LogP contribution in [0.5, 0.6) is 0 Å². The molecule has 30 heavy (non-hydrogen) atoms. The fourth-order valence-electron chi connectivity index (χ4n) is 2.69. The van der Waals surface area contributed by atoms with Crippen LogP contribution in [0, 0.1) is 20.2 Å². The SMILES string of the molecule is COCCn1c(=NC(=O)c2cc([N+](=O)[O-])cc([N+](=O)[O-])c2)sc2cc(Cl)cc(Cl)c21. The number of nitrogens with zero attached hydrogens (tertiary/aromatic N) is 4. The second-order valence-electron chi connectivity index (χ2n) is 5.93. The summed E-state index contributed by atoms with van der Waals surface area (Å²) in [5, 5.41) is 22.9. The first-order chi connectivity index (χ1) is 14.2. The van der Waals surface area contributed by atoms with Crippen LogP contribution in [0.4, 0.5) is 11.4 Å². The minimum absolute atomic E-state index is 0.241. The van der Waals surface area contributed by atoms with Crippen molar-refractivity contribution in [3.63, 3.8) is 0 Å². The van der Waals surface area contributed by atoms with Crippen molar-refractivity contribution in [2.24, 2.45) is 4.99 Å². The Bertz CT molecular complexity index is 1220. The van der Waals surface area contributed by atoms with Crippen molar-refractivity contribution in [3.05, 3.63) is 71.0 Å². The number of rotatable bonds is 6. The maximum atomic E-state index is 12.7. The van der Waals surface area contributed by atoms with Gasteiger partial charge in [0, 0.05) is 30.8 Å². The normalized spacial score (nSPS) is 11.8. The molecule has 0 radical (unpaired) electrons. The van der Waals surface area contributed by atoms with E-state index in [9.17, 15) is 25.0 Å². The number of carbonyl (C=O) groups excluding carboxylic acids is 1. The number of hydrogen-bond acceptors (Lipinski definition) is 7. The highest BCUT2D eigenvalue weighted by Gasteiger charge is 2.20. The van der Waals surface area contributed by atoms with Crippen LogP contribution in [0.15, 0.2) is 35.3 Å². The number of non-ortho nitro benzene ring substituents is 2. The average Bonchev–Trinajstić information content (AvgIpc) is 3.02. The van der Waals surface area contributed by atoms with E-state index in [1.54, 1.807) is 16.7 Å². The van der Waals surface area contributed by atoms with E-state index < -0.39 is 27.1 Å². The highest BCUT2D eigenvalue weighted by molar-refractivity contribution is 7.16. The number of hydrogen-bond donors (Lipinski definition) is 0. The van der Waals surface area contributed by atoms with Crippen LogP contribution in [0.1, 0.15) is 10.4 Å². The smallest absolute Gasteiger partial charge is 0.280 e. The van der Waals surface area contributed by atoms with Crippen LogP contribution >= 0.6 is 34.5 Å². The van der Waals surface area contributed by atoms with Gasteiger partial charge in [0.05, 0.1) is 43.3 Å². The van der Waals surface area contributed by atoms with Gasteiger partial charge in [0.2, 0.25) is 0 Å². The molecule has 0 spiro atoms. The largest absolute Gasteiger partial charge is 0.383 e. The van der Waals surface area contributed by atoms with Crippen LogP contribution < -0.4 is 4.80 Å². The van der Waals surface area contributed by atoms with Crippen molar-refractivity contribution in [1.29, 1.82) is 0 Å². The molecular formula is C17H12Cl2N4O6S. The fourth-order valence-corrected chi connectivity index (χ4v) is 4.52. The minimum Gasteiger partial charge on any atom is -0.383 e. The number of nitro benzene ring substituents is 2. The molecule has 0 saturated heterocycles. The number of halogens is 2. The van der Waals surface area contributed by atoms with Crippen molar-refractivity contribution in [3.8, 4) is 0 Å². The van der Waals surface area contributed by atoms with Gasteiger partial charge < -0.3 is 9.30 Å². The van der Waals surface area contributed by atoms with Gasteiger partial charge in [-0.05, 0) is 12.1 Å². The van der Waals surface area contributed by atoms with Gasteiger partial charge in [-0.2, -0.15) is 4.99 Å². The number of carbonyl (C=O) groups is 1. The number of thiazole rings is 1. The Hall–Kier alpha value is -2.86. The van der Waals surface area contributed by atoms with E-state index in [1.807, 2.05) is 0 Å². The lowest BCUT2D eigenvalue weighted by atomic mass is 10.1. The minimum atomic E-state index is -0.873. The van der Waals surface area contributed by atoms with Gasteiger partial charge in [0.15, 0.2) is 4.80 Å². The molecule has 0 unspecified atom stereocenters. The molecule has 10 nitrogen and oxygen atoms in total. The summed E-state index contributed by atoms with van der Waals surface area (Å²) in [6.45, 7) is 0.619. The van der Waals surface area contributed by atoms with Gasteiger partial charge in [-0.3, -0.25) is 25.0 Å². The van der Waals surface area contributed by atoms with Crippen LogP contribution in [0.3, 0.4) is 0 Å². The molecule has 3 aromatic rings. The Morgan fingerprint density at radius 2 is 1.77 bits per heavy atom. The second-order valence-corrected chi connectivity index (χ2v) is 7.79. The zero-order valence-electron chi connectivity index (χ0n) is 15.2. The summed E-state index contributed by atoms with van der Waals surface area (Å²) in [6.07, 6.45) is 0. The predicted octanol–water partition coefficient (Wildman–Crippen LogP) is 4.21. The first kappa shape index (κ1) is 21.8. The summed E-state index contributed by atoms with van der Waals surface area (Å²) >= 11 is 13.5. The average molecular weight is 471 g/mol. The molecule has 0 atom stereocenters.